The first-order valence-electron chi connectivity index (χ1n) is 7.73. The Morgan fingerprint density at radius 2 is 2.10 bits per heavy atom. The molecule has 1 aromatic carbocycles. The predicted octanol–water partition coefficient (Wildman–Crippen LogP) is 4.34. The van der Waals surface area contributed by atoms with Gasteiger partial charge < -0.3 is 9.73 Å². The van der Waals surface area contributed by atoms with E-state index in [1.165, 1.54) is 38.2 Å². The minimum Gasteiger partial charge on any atom is -0.456 e. The second-order valence-electron chi connectivity index (χ2n) is 6.25. The molecule has 2 nitrogen and oxygen atoms in total. The van der Waals surface area contributed by atoms with Crippen LogP contribution in [0.2, 0.25) is 0 Å². The van der Waals surface area contributed by atoms with Gasteiger partial charge in [-0.2, -0.15) is 0 Å². The van der Waals surface area contributed by atoms with Gasteiger partial charge in [-0.05, 0) is 50.3 Å². The lowest BCUT2D eigenvalue weighted by molar-refractivity contribution is 0.231. The Balaban J connectivity index is 1.83. The van der Waals surface area contributed by atoms with Gasteiger partial charge in [-0.3, -0.25) is 0 Å². The molecule has 1 aliphatic carbocycles. The highest BCUT2D eigenvalue weighted by Crippen LogP contribution is 2.50. The third-order valence-corrected chi connectivity index (χ3v) is 4.90. The first-order valence-corrected chi connectivity index (χ1v) is 7.73. The van der Waals surface area contributed by atoms with E-state index in [1.807, 2.05) is 6.07 Å². The molecule has 0 radical (unpaired) electrons. The minimum atomic E-state index is -0.256. The monoisotopic (exact) mass is 273 g/mol. The van der Waals surface area contributed by atoms with Crippen molar-refractivity contribution in [1.29, 1.82) is 0 Å². The summed E-state index contributed by atoms with van der Waals surface area (Å²) >= 11 is 0. The summed E-state index contributed by atoms with van der Waals surface area (Å²) in [6.45, 7) is 1.04. The molecule has 0 spiro atoms. The van der Waals surface area contributed by atoms with Crippen LogP contribution < -0.4 is 5.32 Å². The molecule has 1 saturated carbocycles. The van der Waals surface area contributed by atoms with Crippen molar-refractivity contribution in [3.63, 3.8) is 0 Å². The molecule has 2 fully saturated rings. The first-order chi connectivity index (χ1) is 9.79. The molecule has 1 unspecified atom stereocenters. The molecule has 1 aliphatic heterocycles. The van der Waals surface area contributed by atoms with E-state index in [2.05, 4.69) is 11.4 Å². The smallest absolute Gasteiger partial charge is 0.169 e. The van der Waals surface area contributed by atoms with Gasteiger partial charge in [0.25, 0.3) is 0 Å². The van der Waals surface area contributed by atoms with Gasteiger partial charge in [0.15, 0.2) is 11.4 Å². The number of hydrogen-bond acceptors (Lipinski definition) is 2. The van der Waals surface area contributed by atoms with Crippen LogP contribution in [0.15, 0.2) is 28.7 Å². The van der Waals surface area contributed by atoms with Crippen molar-refractivity contribution in [1.82, 2.24) is 5.32 Å². The Hall–Kier alpha value is -1.35. The Morgan fingerprint density at radius 1 is 1.20 bits per heavy atom. The molecule has 0 bridgehead atoms. The van der Waals surface area contributed by atoms with Crippen LogP contribution in [0.3, 0.4) is 0 Å². The number of benzene rings is 1. The zero-order chi connectivity index (χ0) is 13.6. The third kappa shape index (κ3) is 1.87. The van der Waals surface area contributed by atoms with E-state index in [9.17, 15) is 4.39 Å². The van der Waals surface area contributed by atoms with E-state index in [4.69, 9.17) is 4.42 Å². The van der Waals surface area contributed by atoms with Gasteiger partial charge in [-0.25, -0.2) is 4.39 Å². The van der Waals surface area contributed by atoms with Crippen LogP contribution in [-0.2, 0) is 5.54 Å². The van der Waals surface area contributed by atoms with E-state index in [0.717, 1.165) is 24.1 Å². The Kier molecular flexibility index (Phi) is 2.84. The van der Waals surface area contributed by atoms with E-state index >= 15 is 0 Å². The molecular formula is C17H20FNO. The topological polar surface area (TPSA) is 25.2 Å². The number of nitrogens with one attached hydrogen (secondary N) is 1. The van der Waals surface area contributed by atoms with Crippen LogP contribution in [0.1, 0.15) is 44.3 Å². The highest BCUT2D eigenvalue weighted by molar-refractivity contribution is 5.78. The number of hydrogen-bond donors (Lipinski definition) is 1. The molecule has 1 aromatic heterocycles. The summed E-state index contributed by atoms with van der Waals surface area (Å²) in [5, 5.41) is 4.62. The predicted molar refractivity (Wildman–Crippen MR) is 77.0 cm³/mol. The van der Waals surface area contributed by atoms with Gasteiger partial charge in [0.05, 0.1) is 5.54 Å². The number of furan rings is 1. The molecule has 3 heteroatoms. The second kappa shape index (κ2) is 4.59. The van der Waals surface area contributed by atoms with Gasteiger partial charge in [0.2, 0.25) is 0 Å². The Morgan fingerprint density at radius 3 is 2.90 bits per heavy atom. The quantitative estimate of drug-likeness (QED) is 0.880. The molecule has 1 N–H and O–H groups in total. The largest absolute Gasteiger partial charge is 0.456 e. The van der Waals surface area contributed by atoms with E-state index in [0.29, 0.717) is 11.5 Å². The lowest BCUT2D eigenvalue weighted by atomic mass is 9.85. The molecule has 1 atom stereocenters. The van der Waals surface area contributed by atoms with E-state index < -0.39 is 0 Å². The summed E-state index contributed by atoms with van der Waals surface area (Å²) in [6, 6.07) is 7.21. The van der Waals surface area contributed by atoms with Gasteiger partial charge in [0, 0.05) is 5.39 Å². The van der Waals surface area contributed by atoms with Crippen molar-refractivity contribution >= 4 is 11.0 Å². The van der Waals surface area contributed by atoms with Crippen molar-refractivity contribution in [2.24, 2.45) is 5.92 Å². The fourth-order valence-corrected chi connectivity index (χ4v) is 3.69. The van der Waals surface area contributed by atoms with Gasteiger partial charge >= 0.3 is 0 Å². The van der Waals surface area contributed by atoms with Gasteiger partial charge in [-0.1, -0.05) is 25.0 Å². The van der Waals surface area contributed by atoms with E-state index in [-0.39, 0.29) is 11.4 Å². The Bertz CT molecular complexity index is 621. The van der Waals surface area contributed by atoms with Gasteiger partial charge in [0.1, 0.15) is 5.76 Å². The van der Waals surface area contributed by atoms with Crippen LogP contribution in [-0.4, -0.2) is 6.54 Å². The summed E-state index contributed by atoms with van der Waals surface area (Å²) in [5.74, 6) is 1.35. The fraction of sp³-hybridized carbons (Fsp3) is 0.529. The van der Waals surface area contributed by atoms with Crippen molar-refractivity contribution in [3.8, 4) is 0 Å². The molecule has 2 aliphatic rings. The van der Waals surface area contributed by atoms with Gasteiger partial charge in [-0.15, -0.1) is 0 Å². The average molecular weight is 273 g/mol. The highest BCUT2D eigenvalue weighted by Gasteiger charge is 2.48. The van der Waals surface area contributed by atoms with Crippen molar-refractivity contribution in [3.05, 3.63) is 35.8 Å². The maximum Gasteiger partial charge on any atom is 0.169 e. The van der Waals surface area contributed by atoms with E-state index in [1.54, 1.807) is 6.07 Å². The number of rotatable bonds is 2. The molecule has 2 aromatic rings. The van der Waals surface area contributed by atoms with Crippen molar-refractivity contribution < 1.29 is 8.81 Å². The lowest BCUT2D eigenvalue weighted by Crippen LogP contribution is -2.43. The standard InChI is InChI=1S/C17H20FNO/c18-14-6-4-5-12-11-15(20-16(12)14)17(13-7-8-13)9-2-1-3-10-19-17/h4-6,11,13,19H,1-3,7-10H2. The molecule has 20 heavy (non-hydrogen) atoms. The summed E-state index contributed by atoms with van der Waals surface area (Å²) in [5.41, 5.74) is 0.357. The lowest BCUT2D eigenvalue weighted by Gasteiger charge is -2.32. The van der Waals surface area contributed by atoms with Crippen LogP contribution in [0.25, 0.3) is 11.0 Å². The Labute approximate surface area is 118 Å². The van der Waals surface area contributed by atoms with Crippen molar-refractivity contribution in [2.75, 3.05) is 6.54 Å². The number of para-hydroxylation sites is 1. The summed E-state index contributed by atoms with van der Waals surface area (Å²) in [7, 11) is 0. The molecule has 4 rings (SSSR count). The zero-order valence-corrected chi connectivity index (χ0v) is 11.6. The summed E-state index contributed by atoms with van der Waals surface area (Å²) in [4.78, 5) is 0. The molecule has 1 saturated heterocycles. The zero-order valence-electron chi connectivity index (χ0n) is 11.6. The maximum atomic E-state index is 13.9. The normalized spacial score (nSPS) is 27.6. The number of halogens is 1. The van der Waals surface area contributed by atoms with Crippen LogP contribution >= 0.6 is 0 Å². The first kappa shape index (κ1) is 12.4. The third-order valence-electron chi connectivity index (χ3n) is 4.90. The second-order valence-corrected chi connectivity index (χ2v) is 6.25. The average Bonchev–Trinajstić information content (AvgIpc) is 3.23. The summed E-state index contributed by atoms with van der Waals surface area (Å²) < 4.78 is 19.8. The molecule has 0 amide bonds. The minimum absolute atomic E-state index is 0.0536. The van der Waals surface area contributed by atoms with Crippen LogP contribution in [0.5, 0.6) is 0 Å². The molecular weight excluding hydrogens is 253 g/mol. The maximum absolute atomic E-state index is 13.9. The summed E-state index contributed by atoms with van der Waals surface area (Å²) in [6.07, 6.45) is 7.35. The number of fused-ring (bicyclic) bond motifs is 1. The fourth-order valence-electron chi connectivity index (χ4n) is 3.69. The van der Waals surface area contributed by atoms with Crippen LogP contribution in [0.4, 0.5) is 4.39 Å². The van der Waals surface area contributed by atoms with Crippen molar-refractivity contribution in [2.45, 2.75) is 44.1 Å². The molecule has 106 valence electrons. The van der Waals surface area contributed by atoms with Crippen LogP contribution in [0, 0.1) is 11.7 Å². The SMILES string of the molecule is Fc1cccc2cc(C3(C4CC4)CCCCCN3)oc12. The molecule has 2 heterocycles. The highest BCUT2D eigenvalue weighted by atomic mass is 19.1.